The van der Waals surface area contributed by atoms with Gasteiger partial charge in [-0.1, -0.05) is 18.2 Å². The lowest BCUT2D eigenvalue weighted by Gasteiger charge is -2.28. The van der Waals surface area contributed by atoms with Gasteiger partial charge in [-0.05, 0) is 31.4 Å². The van der Waals surface area contributed by atoms with E-state index in [0.29, 0.717) is 5.69 Å². The Morgan fingerprint density at radius 1 is 1.22 bits per heavy atom. The fraction of sp³-hybridized carbons (Fsp3) is 0.235. The molecule has 0 aliphatic carbocycles. The number of hydrogen-bond acceptors (Lipinski definition) is 6. The van der Waals surface area contributed by atoms with Gasteiger partial charge >= 0.3 is 0 Å². The third kappa shape index (κ3) is 4.98. The maximum Gasteiger partial charge on any atom is 0.271 e. The van der Waals surface area contributed by atoms with Crippen LogP contribution >= 0.6 is 11.8 Å². The molecule has 1 amide bonds. The zero-order valence-corrected chi connectivity index (χ0v) is 16.6. The summed E-state index contributed by atoms with van der Waals surface area (Å²) in [5, 5.41) is 13.7. The van der Waals surface area contributed by atoms with E-state index in [1.54, 1.807) is 12.1 Å². The summed E-state index contributed by atoms with van der Waals surface area (Å²) < 4.78 is 25.5. The van der Waals surface area contributed by atoms with Crippen LogP contribution in [0.15, 0.2) is 53.4 Å². The quantitative estimate of drug-likeness (QED) is 0.427. The van der Waals surface area contributed by atoms with Gasteiger partial charge in [-0.3, -0.25) is 19.2 Å². The first-order chi connectivity index (χ1) is 12.6. The highest BCUT2D eigenvalue weighted by Crippen LogP contribution is 2.28. The molecule has 10 heteroatoms. The number of para-hydroxylation sites is 1. The molecular weight excluding hydrogens is 390 g/mol. The molecular formula is C17H19N3O5S2. The van der Waals surface area contributed by atoms with Crippen molar-refractivity contribution in [3.05, 3.63) is 58.6 Å². The van der Waals surface area contributed by atoms with E-state index in [-0.39, 0.29) is 11.4 Å². The topological polar surface area (TPSA) is 110 Å². The van der Waals surface area contributed by atoms with Gasteiger partial charge in [-0.15, -0.1) is 11.8 Å². The Hall–Kier alpha value is -2.59. The van der Waals surface area contributed by atoms with Gasteiger partial charge in [0.05, 0.1) is 22.6 Å². The van der Waals surface area contributed by atoms with Crippen LogP contribution in [0.2, 0.25) is 0 Å². The molecule has 0 spiro atoms. The molecule has 0 unspecified atom stereocenters. The van der Waals surface area contributed by atoms with Gasteiger partial charge in [0.2, 0.25) is 15.9 Å². The van der Waals surface area contributed by atoms with Gasteiger partial charge in [0.1, 0.15) is 6.04 Å². The first kappa shape index (κ1) is 20.7. The van der Waals surface area contributed by atoms with Crippen molar-refractivity contribution in [2.24, 2.45) is 0 Å². The van der Waals surface area contributed by atoms with Crippen molar-refractivity contribution in [2.75, 3.05) is 22.1 Å². The second kappa shape index (κ2) is 8.40. The summed E-state index contributed by atoms with van der Waals surface area (Å²) in [4.78, 5) is 23.9. The predicted molar refractivity (Wildman–Crippen MR) is 107 cm³/mol. The number of sulfonamides is 1. The van der Waals surface area contributed by atoms with E-state index in [1.807, 2.05) is 18.4 Å². The number of amides is 1. The summed E-state index contributed by atoms with van der Waals surface area (Å²) in [5.74, 6) is -0.548. The van der Waals surface area contributed by atoms with Crippen LogP contribution in [0.4, 0.5) is 17.1 Å². The van der Waals surface area contributed by atoms with Gasteiger partial charge in [0.15, 0.2) is 0 Å². The van der Waals surface area contributed by atoms with E-state index in [0.717, 1.165) is 21.5 Å². The lowest BCUT2D eigenvalue weighted by atomic mass is 10.2. The van der Waals surface area contributed by atoms with E-state index in [4.69, 9.17) is 0 Å². The number of non-ortho nitro benzene ring substituents is 1. The third-order valence-electron chi connectivity index (χ3n) is 3.75. The van der Waals surface area contributed by atoms with Crippen LogP contribution in [0, 0.1) is 10.1 Å². The van der Waals surface area contributed by atoms with Gasteiger partial charge in [0, 0.05) is 17.0 Å². The normalized spacial score (nSPS) is 12.3. The Kier molecular flexibility index (Phi) is 6.45. The minimum Gasteiger partial charge on any atom is -0.323 e. The van der Waals surface area contributed by atoms with Gasteiger partial charge in [-0.2, -0.15) is 0 Å². The number of nitro benzene ring substituents is 1. The van der Waals surface area contributed by atoms with Crippen molar-refractivity contribution in [3.8, 4) is 0 Å². The summed E-state index contributed by atoms with van der Waals surface area (Å²) in [5.41, 5.74) is 0.350. The first-order valence-electron chi connectivity index (χ1n) is 7.83. The number of rotatable bonds is 7. The number of hydrogen-bond donors (Lipinski definition) is 1. The van der Waals surface area contributed by atoms with Crippen molar-refractivity contribution in [1.82, 2.24) is 0 Å². The van der Waals surface area contributed by atoms with Gasteiger partial charge in [0.25, 0.3) is 5.69 Å². The zero-order chi connectivity index (χ0) is 20.2. The fourth-order valence-electron chi connectivity index (χ4n) is 2.54. The van der Waals surface area contributed by atoms with Crippen molar-refractivity contribution < 1.29 is 18.1 Å². The standard InChI is InChI=1S/C17H19N3O5S2/c1-12(17(21)18-15-9-4-5-10-16(15)26-2)19(27(3,24)25)13-7-6-8-14(11-13)20(22)23/h4-12H,1-3H3,(H,18,21)/t12-/m0/s1. The molecule has 144 valence electrons. The molecule has 0 radical (unpaired) electrons. The molecule has 0 fully saturated rings. The average molecular weight is 409 g/mol. The number of benzene rings is 2. The Labute approximate surface area is 161 Å². The fourth-order valence-corrected chi connectivity index (χ4v) is 4.26. The molecule has 0 saturated heterocycles. The molecule has 2 aromatic carbocycles. The number of carbonyl (C=O) groups is 1. The number of thioether (sulfide) groups is 1. The molecule has 2 aromatic rings. The van der Waals surface area contributed by atoms with E-state index < -0.39 is 26.9 Å². The second-order valence-corrected chi connectivity index (χ2v) is 8.41. The summed E-state index contributed by atoms with van der Waals surface area (Å²) >= 11 is 1.44. The molecule has 0 aliphatic rings. The smallest absolute Gasteiger partial charge is 0.271 e. The molecule has 2 rings (SSSR count). The highest BCUT2D eigenvalue weighted by molar-refractivity contribution is 7.98. The molecule has 0 heterocycles. The van der Waals surface area contributed by atoms with Crippen LogP contribution in [0.25, 0.3) is 0 Å². The lowest BCUT2D eigenvalue weighted by Crippen LogP contribution is -2.45. The maximum absolute atomic E-state index is 12.7. The van der Waals surface area contributed by atoms with Crippen molar-refractivity contribution in [3.63, 3.8) is 0 Å². The van der Waals surface area contributed by atoms with E-state index in [2.05, 4.69) is 5.32 Å². The molecule has 0 bridgehead atoms. The lowest BCUT2D eigenvalue weighted by molar-refractivity contribution is -0.384. The first-order valence-corrected chi connectivity index (χ1v) is 10.9. The zero-order valence-electron chi connectivity index (χ0n) is 14.9. The van der Waals surface area contributed by atoms with E-state index in [9.17, 15) is 23.3 Å². The minimum absolute atomic E-state index is 0.0486. The summed E-state index contributed by atoms with van der Waals surface area (Å²) in [6.07, 6.45) is 2.81. The monoisotopic (exact) mass is 409 g/mol. The highest BCUT2D eigenvalue weighted by atomic mass is 32.2. The Morgan fingerprint density at radius 2 is 1.89 bits per heavy atom. The van der Waals surface area contributed by atoms with Gasteiger partial charge in [-0.25, -0.2) is 8.42 Å². The minimum atomic E-state index is -3.87. The predicted octanol–water partition coefficient (Wildman–Crippen LogP) is 3.11. The second-order valence-electron chi connectivity index (χ2n) is 5.70. The molecule has 0 aromatic heterocycles. The van der Waals surface area contributed by atoms with E-state index in [1.165, 1.54) is 36.9 Å². The SMILES string of the molecule is CSc1ccccc1NC(=O)[C@H](C)N(c1cccc([N+](=O)[O-])c1)S(C)(=O)=O. The van der Waals surface area contributed by atoms with E-state index >= 15 is 0 Å². The Morgan fingerprint density at radius 3 is 2.48 bits per heavy atom. The average Bonchev–Trinajstić information content (AvgIpc) is 2.61. The largest absolute Gasteiger partial charge is 0.323 e. The van der Waals surface area contributed by atoms with Crippen LogP contribution in [0.1, 0.15) is 6.92 Å². The van der Waals surface area contributed by atoms with Crippen molar-refractivity contribution >= 4 is 44.8 Å². The van der Waals surface area contributed by atoms with Crippen LogP contribution in [-0.4, -0.2) is 37.8 Å². The number of anilines is 2. The van der Waals surface area contributed by atoms with Crippen LogP contribution in [-0.2, 0) is 14.8 Å². The van der Waals surface area contributed by atoms with Crippen molar-refractivity contribution in [2.45, 2.75) is 17.9 Å². The Balaban J connectivity index is 2.38. The highest BCUT2D eigenvalue weighted by Gasteiger charge is 2.30. The molecule has 1 N–H and O–H groups in total. The molecule has 1 atom stereocenters. The number of nitrogens with zero attached hydrogens (tertiary/aromatic N) is 2. The Bertz CT molecular complexity index is 963. The summed E-state index contributed by atoms with van der Waals surface area (Å²) in [6.45, 7) is 1.43. The van der Waals surface area contributed by atoms with Crippen LogP contribution in [0.5, 0.6) is 0 Å². The maximum atomic E-state index is 12.7. The molecule has 0 saturated carbocycles. The molecule has 8 nitrogen and oxygen atoms in total. The van der Waals surface area contributed by atoms with Crippen LogP contribution < -0.4 is 9.62 Å². The van der Waals surface area contributed by atoms with Crippen molar-refractivity contribution in [1.29, 1.82) is 0 Å². The number of carbonyl (C=O) groups excluding carboxylic acids is 1. The number of nitro groups is 1. The third-order valence-corrected chi connectivity index (χ3v) is 5.79. The summed E-state index contributed by atoms with van der Waals surface area (Å²) in [6, 6.07) is 11.2. The molecule has 0 aliphatic heterocycles. The summed E-state index contributed by atoms with van der Waals surface area (Å²) in [7, 11) is -3.87. The van der Waals surface area contributed by atoms with Gasteiger partial charge < -0.3 is 5.32 Å². The number of nitrogens with one attached hydrogen (secondary N) is 1. The van der Waals surface area contributed by atoms with Crippen LogP contribution in [0.3, 0.4) is 0 Å². The molecule has 27 heavy (non-hydrogen) atoms.